The van der Waals surface area contributed by atoms with Crippen molar-refractivity contribution < 1.29 is 33.4 Å². The number of ether oxygens (including phenoxy) is 1. The first-order valence-electron chi connectivity index (χ1n) is 14.3. The lowest BCUT2D eigenvalue weighted by atomic mass is 9.88. The van der Waals surface area contributed by atoms with Crippen LogP contribution in [0.15, 0.2) is 46.6 Å². The molecule has 3 heterocycles. The number of allylic oxidation sites excluding steroid dienone is 2. The van der Waals surface area contributed by atoms with Crippen LogP contribution in [0.1, 0.15) is 70.8 Å². The molecule has 2 amide bonds. The van der Waals surface area contributed by atoms with E-state index in [0.29, 0.717) is 13.0 Å². The zero-order valence-electron chi connectivity index (χ0n) is 24.8. The van der Waals surface area contributed by atoms with Crippen molar-refractivity contribution in [2.75, 3.05) is 13.1 Å². The molecule has 10 nitrogen and oxygen atoms in total. The van der Waals surface area contributed by atoms with Crippen molar-refractivity contribution in [2.24, 2.45) is 23.7 Å². The molecule has 1 aromatic rings. The number of carbonyl (C=O) groups excluding carboxylic acids is 4. The van der Waals surface area contributed by atoms with E-state index in [1.807, 2.05) is 34.6 Å². The number of fused-ring (bicyclic) bond motifs is 3. The van der Waals surface area contributed by atoms with Gasteiger partial charge in [-0.25, -0.2) is 9.78 Å². The summed E-state index contributed by atoms with van der Waals surface area (Å²) in [6.45, 7) is 12.2. The number of cyclic esters (lactones) is 1. The van der Waals surface area contributed by atoms with Crippen molar-refractivity contribution in [3.8, 4) is 0 Å². The van der Waals surface area contributed by atoms with Crippen molar-refractivity contribution >= 4 is 23.6 Å². The molecule has 0 radical (unpaired) electrons. The summed E-state index contributed by atoms with van der Waals surface area (Å²) in [5.41, 5.74) is 0.741. The largest absolute Gasteiger partial charge is 0.460 e. The quantitative estimate of drug-likeness (QED) is 0.517. The average molecular weight is 570 g/mol. The summed E-state index contributed by atoms with van der Waals surface area (Å²) in [7, 11) is 0. The molecule has 1 fully saturated rings. The van der Waals surface area contributed by atoms with Crippen LogP contribution in [0.4, 0.5) is 0 Å². The van der Waals surface area contributed by atoms with Crippen LogP contribution < -0.4 is 5.32 Å². The first-order chi connectivity index (χ1) is 19.4. The molecule has 2 N–H and O–H groups in total. The first-order valence-corrected chi connectivity index (χ1v) is 14.3. The zero-order valence-corrected chi connectivity index (χ0v) is 24.8. The van der Waals surface area contributed by atoms with Gasteiger partial charge >= 0.3 is 5.97 Å². The number of nitrogens with one attached hydrogen (secondary N) is 1. The third-order valence-electron chi connectivity index (χ3n) is 7.57. The Morgan fingerprint density at radius 2 is 1.83 bits per heavy atom. The van der Waals surface area contributed by atoms with Gasteiger partial charge in [0.1, 0.15) is 24.2 Å². The molecule has 2 aliphatic rings. The van der Waals surface area contributed by atoms with E-state index in [9.17, 15) is 24.3 Å². The molecule has 1 aromatic heterocycles. The van der Waals surface area contributed by atoms with Crippen molar-refractivity contribution in [2.45, 2.75) is 79.1 Å². The summed E-state index contributed by atoms with van der Waals surface area (Å²) >= 11 is 0. The number of esters is 1. The van der Waals surface area contributed by atoms with Gasteiger partial charge in [-0.3, -0.25) is 14.4 Å². The average Bonchev–Trinajstić information content (AvgIpc) is 3.54. The normalized spacial score (nSPS) is 30.4. The second kappa shape index (κ2) is 14.4. The molecule has 5 atom stereocenters. The summed E-state index contributed by atoms with van der Waals surface area (Å²) < 4.78 is 11.5. The van der Waals surface area contributed by atoms with Crippen LogP contribution >= 0.6 is 0 Å². The standard InChI is InChI=1S/C31H43N3O7/c1-18(2)24-11-13-34-28(24)31(39)41-29(19(3)4)21(6)9-10-26(37)32-12-7-8-20(5)14-22(35)15-23(36)16-27-33-25(17-40-27)30(34)38/h7-10,14,17-19,21-22,24,28-29,35H,11-13,15-16H2,1-6H3,(H,32,37)/b8-7+,10-9+,20-14+/t21-,22-,24?,28-,29-/m1/s1. The van der Waals surface area contributed by atoms with Gasteiger partial charge in [-0.2, -0.15) is 0 Å². The molecule has 0 spiro atoms. The number of hydrogen-bond donors (Lipinski definition) is 2. The predicted octanol–water partition coefficient (Wildman–Crippen LogP) is 3.42. The number of carbonyl (C=O) groups is 4. The van der Waals surface area contributed by atoms with Gasteiger partial charge in [0.25, 0.3) is 5.91 Å². The van der Waals surface area contributed by atoms with E-state index < -0.39 is 30.1 Å². The van der Waals surface area contributed by atoms with E-state index >= 15 is 0 Å². The van der Waals surface area contributed by atoms with Gasteiger partial charge < -0.3 is 24.5 Å². The molecule has 224 valence electrons. The minimum Gasteiger partial charge on any atom is -0.460 e. The van der Waals surface area contributed by atoms with Gasteiger partial charge in [0, 0.05) is 25.4 Å². The maximum Gasteiger partial charge on any atom is 0.329 e. The van der Waals surface area contributed by atoms with Gasteiger partial charge in [0.15, 0.2) is 5.69 Å². The minimum atomic E-state index is -1.01. The molecule has 3 rings (SSSR count). The summed E-state index contributed by atoms with van der Waals surface area (Å²) in [6.07, 6.45) is 8.18. The number of aliphatic hydroxyl groups is 1. The number of Topliss-reactive ketones (excluding diaryl/α,β-unsaturated/α-hetero) is 1. The molecule has 2 aliphatic heterocycles. The number of hydrogen-bond acceptors (Lipinski definition) is 8. The fourth-order valence-electron chi connectivity index (χ4n) is 5.44. The number of amides is 2. The monoisotopic (exact) mass is 569 g/mol. The molecule has 0 aliphatic carbocycles. The van der Waals surface area contributed by atoms with Crippen LogP contribution in [-0.4, -0.2) is 69.9 Å². The number of rotatable bonds is 2. The maximum absolute atomic E-state index is 13.7. The van der Waals surface area contributed by atoms with E-state index in [2.05, 4.69) is 10.3 Å². The van der Waals surface area contributed by atoms with Gasteiger partial charge in [-0.1, -0.05) is 64.5 Å². The van der Waals surface area contributed by atoms with Crippen LogP contribution in [-0.2, 0) is 25.5 Å². The topological polar surface area (TPSA) is 139 Å². The Hall–Kier alpha value is -3.53. The van der Waals surface area contributed by atoms with Crippen LogP contribution in [0, 0.1) is 23.7 Å². The lowest BCUT2D eigenvalue weighted by Crippen LogP contribution is -2.47. The Balaban J connectivity index is 1.93. The lowest BCUT2D eigenvalue weighted by Gasteiger charge is -2.32. The predicted molar refractivity (Wildman–Crippen MR) is 153 cm³/mol. The van der Waals surface area contributed by atoms with Crippen LogP contribution in [0.5, 0.6) is 0 Å². The molecule has 1 saturated heterocycles. The Morgan fingerprint density at radius 1 is 1.10 bits per heavy atom. The summed E-state index contributed by atoms with van der Waals surface area (Å²) in [5, 5.41) is 13.1. The van der Waals surface area contributed by atoms with Crippen molar-refractivity contribution in [1.82, 2.24) is 15.2 Å². The molecule has 10 heteroatoms. The van der Waals surface area contributed by atoms with Crippen molar-refractivity contribution in [3.63, 3.8) is 0 Å². The number of oxazole rings is 1. The molecular formula is C31H43N3O7. The fourth-order valence-corrected chi connectivity index (χ4v) is 5.44. The second-order valence-electron chi connectivity index (χ2n) is 11.7. The highest BCUT2D eigenvalue weighted by atomic mass is 16.5. The minimum absolute atomic E-state index is 0.0116. The van der Waals surface area contributed by atoms with Crippen molar-refractivity contribution in [1.29, 1.82) is 0 Å². The summed E-state index contributed by atoms with van der Waals surface area (Å²) in [6, 6.07) is -0.802. The molecule has 1 unspecified atom stereocenters. The summed E-state index contributed by atoms with van der Waals surface area (Å²) in [5.74, 6) is -1.77. The van der Waals surface area contributed by atoms with Crippen molar-refractivity contribution in [3.05, 3.63) is 53.8 Å². The number of aromatic nitrogens is 1. The van der Waals surface area contributed by atoms with Gasteiger partial charge in [-0.15, -0.1) is 0 Å². The van der Waals surface area contributed by atoms with E-state index in [1.54, 1.807) is 31.2 Å². The lowest BCUT2D eigenvalue weighted by molar-refractivity contribution is -0.159. The van der Waals surface area contributed by atoms with Gasteiger partial charge in [-0.05, 0) is 37.2 Å². The smallest absolute Gasteiger partial charge is 0.329 e. The third-order valence-corrected chi connectivity index (χ3v) is 7.57. The number of nitrogens with zero attached hydrogens (tertiary/aromatic N) is 2. The van der Waals surface area contributed by atoms with E-state index in [4.69, 9.17) is 9.15 Å². The first kappa shape index (κ1) is 32.0. The Bertz CT molecular complexity index is 1200. The van der Waals surface area contributed by atoms with Crippen LogP contribution in [0.25, 0.3) is 0 Å². The SMILES string of the molecule is CC1=C\[C@@H](O)CC(=O)Cc2nc(co2)C(=O)N2CCC(C(C)C)[C@@H]2C(=O)O[C@H](C(C)C)[C@H](C)/C=C/C(=O)NC\C=C\1. The Morgan fingerprint density at radius 3 is 2.51 bits per heavy atom. The highest BCUT2D eigenvalue weighted by Crippen LogP contribution is 2.33. The molecule has 2 bridgehead atoms. The van der Waals surface area contributed by atoms with Crippen LogP contribution in [0.3, 0.4) is 0 Å². The van der Waals surface area contributed by atoms with E-state index in [-0.39, 0.29) is 66.3 Å². The van der Waals surface area contributed by atoms with Gasteiger partial charge in [0.2, 0.25) is 11.8 Å². The Labute approximate surface area is 241 Å². The Kier molecular flexibility index (Phi) is 11.2. The highest BCUT2D eigenvalue weighted by Gasteiger charge is 2.46. The van der Waals surface area contributed by atoms with E-state index in [1.165, 1.54) is 17.2 Å². The van der Waals surface area contributed by atoms with E-state index in [0.717, 1.165) is 5.57 Å². The summed E-state index contributed by atoms with van der Waals surface area (Å²) in [4.78, 5) is 57.9. The maximum atomic E-state index is 13.7. The molecular weight excluding hydrogens is 526 g/mol. The number of ketones is 1. The third kappa shape index (κ3) is 8.73. The molecule has 0 saturated carbocycles. The fraction of sp³-hybridized carbons (Fsp3) is 0.581. The van der Waals surface area contributed by atoms with Gasteiger partial charge in [0.05, 0.1) is 12.5 Å². The highest BCUT2D eigenvalue weighted by molar-refractivity contribution is 5.95. The van der Waals surface area contributed by atoms with Crippen LogP contribution in [0.2, 0.25) is 0 Å². The second-order valence-corrected chi connectivity index (χ2v) is 11.7. The molecule has 0 aromatic carbocycles. The molecule has 41 heavy (non-hydrogen) atoms. The zero-order chi connectivity index (χ0) is 30.3. The number of aliphatic hydroxyl groups excluding tert-OH is 1.